The number of benzene rings is 1. The van der Waals surface area contributed by atoms with Crippen LogP contribution in [0.1, 0.15) is 25.5 Å². The lowest BCUT2D eigenvalue weighted by Gasteiger charge is -2.14. The van der Waals surface area contributed by atoms with Crippen molar-refractivity contribution in [2.45, 2.75) is 26.0 Å². The molecule has 100 valence electrons. The molecule has 0 bridgehead atoms. The molecule has 4 nitrogen and oxygen atoms in total. The third-order valence-electron chi connectivity index (χ3n) is 2.39. The van der Waals surface area contributed by atoms with Gasteiger partial charge in [-0.1, -0.05) is 12.1 Å². The molecular weight excluding hydrogens is 233 g/mol. The van der Waals surface area contributed by atoms with E-state index in [0.29, 0.717) is 12.5 Å². The Labute approximate surface area is 107 Å². The maximum atomic E-state index is 12.8. The number of nitrogens with zero attached hydrogens (tertiary/aromatic N) is 1. The van der Waals surface area contributed by atoms with Gasteiger partial charge in [-0.2, -0.15) is 0 Å². The van der Waals surface area contributed by atoms with E-state index >= 15 is 0 Å². The summed E-state index contributed by atoms with van der Waals surface area (Å²) in [6.45, 7) is 4.36. The number of rotatable bonds is 5. The van der Waals surface area contributed by atoms with Crippen LogP contribution in [0.4, 0.5) is 4.39 Å². The Morgan fingerprint density at radius 3 is 2.50 bits per heavy atom. The van der Waals surface area contributed by atoms with Gasteiger partial charge < -0.3 is 15.8 Å². The third kappa shape index (κ3) is 4.71. The average molecular weight is 253 g/mol. The Bertz CT molecular complexity index is 390. The molecule has 18 heavy (non-hydrogen) atoms. The van der Waals surface area contributed by atoms with Gasteiger partial charge in [-0.3, -0.25) is 4.99 Å². The summed E-state index contributed by atoms with van der Waals surface area (Å²) in [5.41, 5.74) is 6.58. The highest BCUT2D eigenvalue weighted by Crippen LogP contribution is 2.17. The number of aliphatic imine (C=N–C) groups is 1. The van der Waals surface area contributed by atoms with Crippen molar-refractivity contribution >= 4 is 5.96 Å². The monoisotopic (exact) mass is 253 g/mol. The van der Waals surface area contributed by atoms with Crippen molar-refractivity contribution < 1.29 is 9.13 Å². The smallest absolute Gasteiger partial charge is 0.188 e. The van der Waals surface area contributed by atoms with Gasteiger partial charge in [0.2, 0.25) is 0 Å². The molecule has 0 aliphatic heterocycles. The minimum absolute atomic E-state index is 0.224. The van der Waals surface area contributed by atoms with Crippen LogP contribution in [0.2, 0.25) is 0 Å². The number of nitrogens with two attached hydrogens (primary N) is 1. The van der Waals surface area contributed by atoms with Crippen molar-refractivity contribution in [2.24, 2.45) is 10.7 Å². The molecule has 1 aromatic rings. The van der Waals surface area contributed by atoms with E-state index in [1.54, 1.807) is 19.2 Å². The molecule has 0 heterocycles. The van der Waals surface area contributed by atoms with Gasteiger partial charge in [-0.15, -0.1) is 0 Å². The maximum Gasteiger partial charge on any atom is 0.188 e. The molecule has 0 aromatic heterocycles. The Kier molecular flexibility index (Phi) is 5.58. The zero-order chi connectivity index (χ0) is 13.5. The van der Waals surface area contributed by atoms with E-state index < -0.39 is 0 Å². The summed E-state index contributed by atoms with van der Waals surface area (Å²) < 4.78 is 18.1. The molecule has 3 N–H and O–H groups in total. The Morgan fingerprint density at radius 1 is 1.39 bits per heavy atom. The van der Waals surface area contributed by atoms with E-state index in [1.807, 2.05) is 13.8 Å². The highest BCUT2D eigenvalue weighted by atomic mass is 19.1. The largest absolute Gasteiger partial charge is 0.375 e. The van der Waals surface area contributed by atoms with Crippen LogP contribution < -0.4 is 11.1 Å². The fourth-order valence-electron chi connectivity index (χ4n) is 1.52. The van der Waals surface area contributed by atoms with E-state index in [-0.39, 0.29) is 18.0 Å². The normalized spacial score (nSPS) is 13.7. The molecule has 0 aliphatic rings. The first-order valence-corrected chi connectivity index (χ1v) is 5.87. The first-order chi connectivity index (χ1) is 8.52. The number of guanidine groups is 1. The van der Waals surface area contributed by atoms with Crippen LogP contribution in [0.15, 0.2) is 29.3 Å². The Morgan fingerprint density at radius 2 is 2.00 bits per heavy atom. The van der Waals surface area contributed by atoms with Crippen molar-refractivity contribution in [3.63, 3.8) is 0 Å². The lowest BCUT2D eigenvalue weighted by molar-refractivity contribution is 0.111. The van der Waals surface area contributed by atoms with Gasteiger partial charge in [0.15, 0.2) is 5.96 Å². The van der Waals surface area contributed by atoms with Gasteiger partial charge >= 0.3 is 0 Å². The third-order valence-corrected chi connectivity index (χ3v) is 2.39. The van der Waals surface area contributed by atoms with Crippen molar-refractivity contribution in [1.82, 2.24) is 5.32 Å². The first kappa shape index (κ1) is 14.4. The molecule has 0 aliphatic carbocycles. The zero-order valence-corrected chi connectivity index (χ0v) is 11.0. The molecule has 0 saturated heterocycles. The predicted octanol–water partition coefficient (Wildman–Crippen LogP) is 1.83. The molecule has 1 atom stereocenters. The minimum Gasteiger partial charge on any atom is -0.375 e. The second-order valence-corrected chi connectivity index (χ2v) is 4.30. The van der Waals surface area contributed by atoms with Gasteiger partial charge in [-0.05, 0) is 31.5 Å². The summed E-state index contributed by atoms with van der Waals surface area (Å²) in [7, 11) is 1.59. The number of halogens is 1. The number of ether oxygens (including phenoxy) is 1. The summed E-state index contributed by atoms with van der Waals surface area (Å²) in [5, 5.41) is 2.99. The topological polar surface area (TPSA) is 59.6 Å². The number of hydrogen-bond acceptors (Lipinski definition) is 2. The van der Waals surface area contributed by atoms with Gasteiger partial charge in [0.05, 0.1) is 6.54 Å². The van der Waals surface area contributed by atoms with E-state index in [9.17, 15) is 4.39 Å². The number of hydrogen-bond donors (Lipinski definition) is 2. The second kappa shape index (κ2) is 6.96. The quantitative estimate of drug-likeness (QED) is 0.621. The highest BCUT2D eigenvalue weighted by molar-refractivity contribution is 5.78. The van der Waals surface area contributed by atoms with E-state index in [0.717, 1.165) is 5.56 Å². The van der Waals surface area contributed by atoms with Crippen molar-refractivity contribution in [3.05, 3.63) is 35.6 Å². The first-order valence-electron chi connectivity index (χ1n) is 5.87. The summed E-state index contributed by atoms with van der Waals surface area (Å²) >= 11 is 0. The Balaban J connectivity index is 2.65. The molecule has 1 unspecified atom stereocenters. The van der Waals surface area contributed by atoms with Gasteiger partial charge in [0, 0.05) is 13.2 Å². The fourth-order valence-corrected chi connectivity index (χ4v) is 1.52. The predicted molar refractivity (Wildman–Crippen MR) is 70.9 cm³/mol. The lowest BCUT2D eigenvalue weighted by Crippen LogP contribution is -2.37. The zero-order valence-electron chi connectivity index (χ0n) is 11.0. The molecule has 5 heteroatoms. The van der Waals surface area contributed by atoms with Crippen LogP contribution in [-0.4, -0.2) is 25.7 Å². The van der Waals surface area contributed by atoms with Crippen molar-refractivity contribution in [1.29, 1.82) is 0 Å². The Hall–Kier alpha value is -1.62. The second-order valence-electron chi connectivity index (χ2n) is 4.30. The van der Waals surface area contributed by atoms with Crippen LogP contribution >= 0.6 is 0 Å². The van der Waals surface area contributed by atoms with E-state index in [2.05, 4.69) is 10.3 Å². The van der Waals surface area contributed by atoms with E-state index in [4.69, 9.17) is 10.5 Å². The molecule has 1 rings (SSSR count). The standard InChI is InChI=1S/C13H20FN3O/c1-9(2)17-13(15)16-8-12(18-3)10-4-6-11(14)7-5-10/h4-7,9,12H,8H2,1-3H3,(H3,15,16,17). The molecule has 1 aromatic carbocycles. The molecule has 0 amide bonds. The lowest BCUT2D eigenvalue weighted by atomic mass is 10.1. The van der Waals surface area contributed by atoms with Crippen LogP contribution in [0.5, 0.6) is 0 Å². The average Bonchev–Trinajstić information content (AvgIpc) is 2.31. The van der Waals surface area contributed by atoms with Crippen LogP contribution in [0.25, 0.3) is 0 Å². The summed E-state index contributed by atoms with van der Waals surface area (Å²) in [6.07, 6.45) is -0.224. The van der Waals surface area contributed by atoms with Gasteiger partial charge in [0.1, 0.15) is 11.9 Å². The number of nitrogens with one attached hydrogen (secondary N) is 1. The highest BCUT2D eigenvalue weighted by Gasteiger charge is 2.10. The van der Waals surface area contributed by atoms with Crippen molar-refractivity contribution in [2.75, 3.05) is 13.7 Å². The van der Waals surface area contributed by atoms with E-state index in [1.165, 1.54) is 12.1 Å². The fraction of sp³-hybridized carbons (Fsp3) is 0.462. The summed E-state index contributed by atoms with van der Waals surface area (Å²) in [5.74, 6) is 0.118. The van der Waals surface area contributed by atoms with Gasteiger partial charge in [-0.25, -0.2) is 4.39 Å². The molecule has 0 radical (unpaired) electrons. The van der Waals surface area contributed by atoms with Crippen LogP contribution in [-0.2, 0) is 4.74 Å². The summed E-state index contributed by atoms with van der Waals surface area (Å²) in [4.78, 5) is 4.20. The molecule has 0 fully saturated rings. The van der Waals surface area contributed by atoms with Gasteiger partial charge in [0.25, 0.3) is 0 Å². The molecule has 0 spiro atoms. The molecular formula is C13H20FN3O. The SMILES string of the molecule is COC(CN=C(N)NC(C)C)c1ccc(F)cc1. The van der Waals surface area contributed by atoms with Crippen LogP contribution in [0, 0.1) is 5.82 Å². The maximum absolute atomic E-state index is 12.8. The van der Waals surface area contributed by atoms with Crippen LogP contribution in [0.3, 0.4) is 0 Å². The summed E-state index contributed by atoms with van der Waals surface area (Å²) in [6, 6.07) is 6.41. The molecule has 0 saturated carbocycles. The van der Waals surface area contributed by atoms with Crippen molar-refractivity contribution in [3.8, 4) is 0 Å². The number of methoxy groups -OCH3 is 1. The minimum atomic E-state index is -0.266.